The van der Waals surface area contributed by atoms with Gasteiger partial charge in [-0.15, -0.1) is 0 Å². The van der Waals surface area contributed by atoms with Crippen LogP contribution < -0.4 is 10.6 Å². The Labute approximate surface area is 220 Å². The normalized spacial score (nSPS) is 15.3. The third-order valence-electron chi connectivity index (χ3n) is 5.61. The second kappa shape index (κ2) is 12.6. The molecule has 2 N–H and O–H groups in total. The molecule has 0 bridgehead atoms. The summed E-state index contributed by atoms with van der Waals surface area (Å²) < 4.78 is 10.4. The second-order valence-corrected chi connectivity index (χ2v) is 9.65. The first-order valence-corrected chi connectivity index (χ1v) is 12.7. The number of allylic oxidation sites excluding steroid dienone is 2. The Morgan fingerprint density at radius 2 is 1.92 bits per heavy atom. The van der Waals surface area contributed by atoms with Crippen molar-refractivity contribution in [1.29, 1.82) is 5.26 Å². The van der Waals surface area contributed by atoms with Crippen LogP contribution in [0.2, 0.25) is 5.02 Å². The Kier molecular flexibility index (Phi) is 9.59. The summed E-state index contributed by atoms with van der Waals surface area (Å²) in [6.07, 6.45) is 0. The van der Waals surface area contributed by atoms with E-state index in [4.69, 9.17) is 21.1 Å². The van der Waals surface area contributed by atoms with Gasteiger partial charge in [0, 0.05) is 23.5 Å². The van der Waals surface area contributed by atoms with Crippen LogP contribution in [-0.4, -0.2) is 38.0 Å². The number of dihydropyridines is 1. The smallest absolute Gasteiger partial charge is 0.336 e. The number of rotatable bonds is 9. The van der Waals surface area contributed by atoms with Crippen LogP contribution >= 0.6 is 23.4 Å². The molecule has 1 aliphatic rings. The molecule has 0 spiro atoms. The maximum atomic E-state index is 13.1. The fraction of sp³-hybridized carbons (Fsp3) is 0.296. The van der Waals surface area contributed by atoms with E-state index in [1.807, 2.05) is 32.0 Å². The number of nitriles is 1. The summed E-state index contributed by atoms with van der Waals surface area (Å²) in [5.74, 6) is -1.45. The minimum Gasteiger partial charge on any atom is -0.460 e. The van der Waals surface area contributed by atoms with Crippen LogP contribution in [-0.2, 0) is 19.1 Å². The van der Waals surface area contributed by atoms with Crippen LogP contribution in [0.5, 0.6) is 0 Å². The zero-order valence-corrected chi connectivity index (χ0v) is 22.2. The number of nitrogens with zero attached hydrogens (tertiary/aromatic N) is 1. The molecule has 0 aromatic heterocycles. The Hall–Kier alpha value is -3.25. The molecule has 7 nitrogen and oxygen atoms in total. The summed E-state index contributed by atoms with van der Waals surface area (Å²) in [6.45, 7) is 5.99. The van der Waals surface area contributed by atoms with Crippen molar-refractivity contribution in [2.75, 3.05) is 31.4 Å². The first-order valence-electron chi connectivity index (χ1n) is 11.3. The summed E-state index contributed by atoms with van der Waals surface area (Å²) in [7, 11) is 1.52. The summed E-state index contributed by atoms with van der Waals surface area (Å²) in [5, 5.41) is 17.1. The van der Waals surface area contributed by atoms with E-state index in [1.165, 1.54) is 18.9 Å². The highest BCUT2D eigenvalue weighted by atomic mass is 35.5. The topological polar surface area (TPSA) is 100 Å². The molecule has 1 amide bonds. The van der Waals surface area contributed by atoms with Gasteiger partial charge in [0.05, 0.1) is 40.5 Å². The number of carbonyl (C=O) groups excluding carboxylic acids is 2. The van der Waals surface area contributed by atoms with E-state index >= 15 is 0 Å². The summed E-state index contributed by atoms with van der Waals surface area (Å²) in [5.41, 5.74) is 4.53. The molecule has 0 saturated carbocycles. The second-order valence-electron chi connectivity index (χ2n) is 8.26. The molecule has 1 atom stereocenters. The summed E-state index contributed by atoms with van der Waals surface area (Å²) in [6, 6.07) is 15.1. The van der Waals surface area contributed by atoms with Gasteiger partial charge in [0.1, 0.15) is 6.61 Å². The molecule has 2 aromatic rings. The van der Waals surface area contributed by atoms with Crippen molar-refractivity contribution in [3.63, 3.8) is 0 Å². The van der Waals surface area contributed by atoms with Crippen molar-refractivity contribution in [3.8, 4) is 6.07 Å². The summed E-state index contributed by atoms with van der Waals surface area (Å²) >= 11 is 7.69. The molecule has 0 radical (unpaired) electrons. The van der Waals surface area contributed by atoms with E-state index in [2.05, 4.69) is 16.7 Å². The number of hydrogen-bond donors (Lipinski definition) is 2. The fourth-order valence-electron chi connectivity index (χ4n) is 3.89. The minimum atomic E-state index is -0.745. The van der Waals surface area contributed by atoms with Gasteiger partial charge in [0.25, 0.3) is 0 Å². The van der Waals surface area contributed by atoms with Gasteiger partial charge >= 0.3 is 5.97 Å². The molecule has 0 unspecified atom stereocenters. The number of amides is 1. The molecule has 2 aromatic carbocycles. The van der Waals surface area contributed by atoms with Gasteiger partial charge in [-0.2, -0.15) is 5.26 Å². The minimum absolute atomic E-state index is 0.0664. The van der Waals surface area contributed by atoms with Crippen LogP contribution in [0.1, 0.15) is 29.5 Å². The molecule has 0 fully saturated rings. The Balaban J connectivity index is 1.89. The van der Waals surface area contributed by atoms with Crippen molar-refractivity contribution < 1.29 is 19.1 Å². The number of esters is 1. The van der Waals surface area contributed by atoms with Crippen LogP contribution in [0.15, 0.2) is 64.3 Å². The zero-order chi connectivity index (χ0) is 26.2. The van der Waals surface area contributed by atoms with Crippen molar-refractivity contribution >= 4 is 40.9 Å². The van der Waals surface area contributed by atoms with Gasteiger partial charge in [0.2, 0.25) is 5.91 Å². The number of halogens is 1. The largest absolute Gasteiger partial charge is 0.460 e. The number of nitrogens with one attached hydrogen (secondary N) is 2. The lowest BCUT2D eigenvalue weighted by Gasteiger charge is -2.29. The Bertz CT molecular complexity index is 1270. The lowest BCUT2D eigenvalue weighted by Crippen LogP contribution is -2.30. The molecule has 1 aliphatic heterocycles. The molecule has 0 saturated heterocycles. The molecule has 188 valence electrons. The average molecular weight is 526 g/mol. The van der Waals surface area contributed by atoms with Gasteiger partial charge in [-0.25, -0.2) is 4.79 Å². The number of thioether (sulfide) groups is 1. The molecule has 3 rings (SSSR count). The highest BCUT2D eigenvalue weighted by Crippen LogP contribution is 2.43. The maximum Gasteiger partial charge on any atom is 0.336 e. The van der Waals surface area contributed by atoms with E-state index < -0.39 is 11.9 Å². The number of ether oxygens (including phenoxy) is 2. The highest BCUT2D eigenvalue weighted by molar-refractivity contribution is 8.03. The van der Waals surface area contributed by atoms with Crippen LogP contribution in [0.3, 0.4) is 0 Å². The Morgan fingerprint density at radius 3 is 2.58 bits per heavy atom. The molecule has 9 heteroatoms. The summed E-state index contributed by atoms with van der Waals surface area (Å²) in [4.78, 5) is 25.8. The predicted molar refractivity (Wildman–Crippen MR) is 143 cm³/mol. The van der Waals surface area contributed by atoms with E-state index in [9.17, 15) is 14.9 Å². The SMILES string of the molecule is COCCOC(=O)C1=C(C)NC(SCC(=O)Nc2ccc(C)cc2C)=C(C#N)[C@@H]1c1ccccc1Cl. The molecular weight excluding hydrogens is 498 g/mol. The first-order chi connectivity index (χ1) is 17.3. The third kappa shape index (κ3) is 6.49. The van der Waals surface area contributed by atoms with E-state index in [0.29, 0.717) is 26.9 Å². The van der Waals surface area contributed by atoms with Crippen LogP contribution in [0, 0.1) is 25.2 Å². The van der Waals surface area contributed by atoms with Crippen LogP contribution in [0.4, 0.5) is 5.69 Å². The zero-order valence-electron chi connectivity index (χ0n) is 20.6. The van der Waals surface area contributed by atoms with Crippen molar-refractivity contribution in [2.24, 2.45) is 0 Å². The van der Waals surface area contributed by atoms with Crippen molar-refractivity contribution in [1.82, 2.24) is 5.32 Å². The highest BCUT2D eigenvalue weighted by Gasteiger charge is 2.36. The van der Waals surface area contributed by atoms with Gasteiger partial charge in [-0.1, -0.05) is 59.3 Å². The van der Waals surface area contributed by atoms with Gasteiger partial charge in [-0.05, 0) is 44.0 Å². The lowest BCUT2D eigenvalue weighted by atomic mass is 9.82. The van der Waals surface area contributed by atoms with Gasteiger partial charge in [-0.3, -0.25) is 4.79 Å². The first kappa shape index (κ1) is 27.3. The molecule has 1 heterocycles. The molecular formula is C27H28ClN3O4S. The maximum absolute atomic E-state index is 13.1. The molecule has 36 heavy (non-hydrogen) atoms. The fourth-order valence-corrected chi connectivity index (χ4v) is 5.03. The van der Waals surface area contributed by atoms with E-state index in [-0.39, 0.29) is 30.4 Å². The number of aryl methyl sites for hydroxylation is 2. The van der Waals surface area contributed by atoms with Gasteiger partial charge in [0.15, 0.2) is 0 Å². The number of carbonyl (C=O) groups is 2. The molecule has 0 aliphatic carbocycles. The number of methoxy groups -OCH3 is 1. The quantitative estimate of drug-likeness (QED) is 0.342. The van der Waals surface area contributed by atoms with Crippen molar-refractivity contribution in [3.05, 3.63) is 86.0 Å². The number of anilines is 1. The lowest BCUT2D eigenvalue weighted by molar-refractivity contribution is -0.140. The van der Waals surface area contributed by atoms with E-state index in [1.54, 1.807) is 31.2 Å². The predicted octanol–water partition coefficient (Wildman–Crippen LogP) is 5.21. The standard InChI is InChI=1S/C27H28ClN3O4S/c1-16-9-10-22(17(2)13-16)31-23(32)15-36-26-20(14-29)25(19-7-5-6-8-21(19)28)24(18(3)30-26)27(33)35-12-11-34-4/h5-10,13,25,30H,11-12,15H2,1-4H3,(H,31,32)/t25-/m0/s1. The van der Waals surface area contributed by atoms with Gasteiger partial charge < -0.3 is 20.1 Å². The average Bonchev–Trinajstić information content (AvgIpc) is 2.84. The third-order valence-corrected chi connectivity index (χ3v) is 6.97. The number of hydrogen-bond acceptors (Lipinski definition) is 7. The monoisotopic (exact) mass is 525 g/mol. The van der Waals surface area contributed by atoms with E-state index in [0.717, 1.165) is 16.8 Å². The van der Waals surface area contributed by atoms with Crippen LogP contribution in [0.25, 0.3) is 0 Å². The Morgan fingerprint density at radius 1 is 1.17 bits per heavy atom. The number of benzene rings is 2. The van der Waals surface area contributed by atoms with Crippen molar-refractivity contribution in [2.45, 2.75) is 26.7 Å².